The summed E-state index contributed by atoms with van der Waals surface area (Å²) in [5, 5.41) is 3.86. The molecule has 0 saturated carbocycles. The van der Waals surface area contributed by atoms with Crippen molar-refractivity contribution in [3.8, 4) is 11.1 Å². The Morgan fingerprint density at radius 2 is 1.93 bits per heavy atom. The molecule has 0 bridgehead atoms. The van der Waals surface area contributed by atoms with Crippen LogP contribution in [0.5, 0.6) is 0 Å². The first-order valence-corrected chi connectivity index (χ1v) is 10.6. The molecular weight excluding hydrogens is 425 g/mol. The fourth-order valence-corrected chi connectivity index (χ4v) is 4.78. The summed E-state index contributed by atoms with van der Waals surface area (Å²) < 4.78 is 42.3. The molecule has 0 fully saturated rings. The minimum absolute atomic E-state index is 0. The third-order valence-corrected chi connectivity index (χ3v) is 6.51. The number of benzene rings is 2. The van der Waals surface area contributed by atoms with Gasteiger partial charge in [0.05, 0.1) is 5.52 Å². The standard InChI is InChI=1S/C22H20FN3O2S.ClH/c1-15-5-7-19(21(23)10-15)16-6-8-20-17(12-24-2)14-26(22(20)11-16)29(27,28)18-4-3-9-25-13-18;/h3-11,13-14,24H,12H2,1-2H3;1H. The Morgan fingerprint density at radius 1 is 1.13 bits per heavy atom. The lowest BCUT2D eigenvalue weighted by molar-refractivity contribution is 0.588. The van der Waals surface area contributed by atoms with Gasteiger partial charge in [-0.1, -0.05) is 24.3 Å². The highest BCUT2D eigenvalue weighted by atomic mass is 35.5. The van der Waals surface area contributed by atoms with Gasteiger partial charge in [-0.25, -0.2) is 16.8 Å². The molecule has 30 heavy (non-hydrogen) atoms. The molecule has 0 saturated heterocycles. The number of halogens is 2. The molecule has 8 heteroatoms. The van der Waals surface area contributed by atoms with Crippen LogP contribution >= 0.6 is 12.4 Å². The second-order valence-electron chi connectivity index (χ2n) is 6.89. The number of aryl methyl sites for hydroxylation is 1. The van der Waals surface area contributed by atoms with Crippen molar-refractivity contribution in [2.45, 2.75) is 18.4 Å². The van der Waals surface area contributed by atoms with E-state index in [1.165, 1.54) is 28.5 Å². The van der Waals surface area contributed by atoms with Crippen LogP contribution in [0.25, 0.3) is 22.0 Å². The highest BCUT2D eigenvalue weighted by Crippen LogP contribution is 2.31. The molecule has 0 aliphatic carbocycles. The Morgan fingerprint density at radius 3 is 2.60 bits per heavy atom. The van der Waals surface area contributed by atoms with Gasteiger partial charge in [0.2, 0.25) is 0 Å². The lowest BCUT2D eigenvalue weighted by atomic mass is 10.0. The van der Waals surface area contributed by atoms with Crippen LogP contribution in [0.2, 0.25) is 0 Å². The summed E-state index contributed by atoms with van der Waals surface area (Å²) in [7, 11) is -2.05. The van der Waals surface area contributed by atoms with E-state index in [1.807, 2.05) is 25.1 Å². The van der Waals surface area contributed by atoms with Crippen LogP contribution in [-0.2, 0) is 16.6 Å². The van der Waals surface area contributed by atoms with E-state index in [1.54, 1.807) is 31.4 Å². The van der Waals surface area contributed by atoms with Crippen molar-refractivity contribution in [3.05, 3.63) is 84.1 Å². The highest BCUT2D eigenvalue weighted by Gasteiger charge is 2.22. The topological polar surface area (TPSA) is 64.0 Å². The van der Waals surface area contributed by atoms with Gasteiger partial charge in [-0.2, -0.15) is 0 Å². The van der Waals surface area contributed by atoms with Gasteiger partial charge in [-0.05, 0) is 54.9 Å². The van der Waals surface area contributed by atoms with Crippen LogP contribution in [0.15, 0.2) is 72.0 Å². The predicted molar refractivity (Wildman–Crippen MR) is 119 cm³/mol. The number of hydrogen-bond donors (Lipinski definition) is 1. The Labute approximate surface area is 181 Å². The molecule has 4 aromatic rings. The SMILES string of the molecule is CNCc1cn(S(=O)(=O)c2cccnc2)c2cc(-c3ccc(C)cc3F)ccc12.Cl. The van der Waals surface area contributed by atoms with Crippen LogP contribution in [0.4, 0.5) is 4.39 Å². The minimum atomic E-state index is -3.85. The van der Waals surface area contributed by atoms with E-state index in [0.29, 0.717) is 23.2 Å². The number of aromatic nitrogens is 2. The number of fused-ring (bicyclic) bond motifs is 1. The van der Waals surface area contributed by atoms with Crippen molar-refractivity contribution in [2.24, 2.45) is 0 Å². The quantitative estimate of drug-likeness (QED) is 0.490. The largest absolute Gasteiger partial charge is 0.316 e. The number of nitrogens with one attached hydrogen (secondary N) is 1. The summed E-state index contributed by atoms with van der Waals surface area (Å²) in [6.07, 6.45) is 4.46. The first-order valence-electron chi connectivity index (χ1n) is 9.12. The first kappa shape index (κ1) is 22.0. The van der Waals surface area contributed by atoms with Gasteiger partial charge in [-0.15, -0.1) is 12.4 Å². The average Bonchev–Trinajstić information content (AvgIpc) is 3.07. The van der Waals surface area contributed by atoms with Gasteiger partial charge in [0.1, 0.15) is 10.7 Å². The summed E-state index contributed by atoms with van der Waals surface area (Å²) in [4.78, 5) is 4.03. The second kappa shape index (κ2) is 8.55. The van der Waals surface area contributed by atoms with Crippen LogP contribution < -0.4 is 5.32 Å². The molecule has 2 aromatic carbocycles. The van der Waals surface area contributed by atoms with Crippen molar-refractivity contribution >= 4 is 33.3 Å². The van der Waals surface area contributed by atoms with Crippen molar-refractivity contribution in [3.63, 3.8) is 0 Å². The van der Waals surface area contributed by atoms with Gasteiger partial charge < -0.3 is 5.32 Å². The molecule has 0 radical (unpaired) electrons. The van der Waals surface area contributed by atoms with Gasteiger partial charge in [0, 0.05) is 36.1 Å². The summed E-state index contributed by atoms with van der Waals surface area (Å²) in [5.41, 5.74) is 3.21. The highest BCUT2D eigenvalue weighted by molar-refractivity contribution is 7.90. The lowest BCUT2D eigenvalue weighted by Gasteiger charge is -2.09. The Bertz CT molecular complexity index is 1300. The minimum Gasteiger partial charge on any atom is -0.316 e. The number of hydrogen-bond acceptors (Lipinski definition) is 4. The van der Waals surface area contributed by atoms with Gasteiger partial charge in [0.25, 0.3) is 10.0 Å². The molecule has 0 unspecified atom stereocenters. The predicted octanol–water partition coefficient (Wildman–Crippen LogP) is 4.53. The van der Waals surface area contributed by atoms with E-state index in [-0.39, 0.29) is 23.1 Å². The Kier molecular flexibility index (Phi) is 6.26. The Hall–Kier alpha value is -2.74. The van der Waals surface area contributed by atoms with Crippen molar-refractivity contribution < 1.29 is 12.8 Å². The van der Waals surface area contributed by atoms with Crippen LogP contribution in [-0.4, -0.2) is 24.4 Å². The monoisotopic (exact) mass is 445 g/mol. The van der Waals surface area contributed by atoms with Gasteiger partial charge >= 0.3 is 0 Å². The molecule has 156 valence electrons. The molecule has 2 heterocycles. The smallest absolute Gasteiger partial charge is 0.269 e. The van der Waals surface area contributed by atoms with Gasteiger partial charge in [-0.3, -0.25) is 4.98 Å². The third kappa shape index (κ3) is 3.84. The molecule has 5 nitrogen and oxygen atoms in total. The zero-order chi connectivity index (χ0) is 20.6. The van der Waals surface area contributed by atoms with Gasteiger partial charge in [0.15, 0.2) is 0 Å². The molecule has 0 aliphatic heterocycles. The molecule has 0 aliphatic rings. The molecule has 1 N–H and O–H groups in total. The van der Waals surface area contributed by atoms with Crippen molar-refractivity contribution in [2.75, 3.05) is 7.05 Å². The lowest BCUT2D eigenvalue weighted by Crippen LogP contribution is -2.12. The summed E-state index contributed by atoms with van der Waals surface area (Å²) in [6, 6.07) is 13.5. The fraction of sp³-hybridized carbons (Fsp3) is 0.136. The molecular formula is C22H21ClFN3O2S. The maximum absolute atomic E-state index is 14.5. The van der Waals surface area contributed by atoms with Crippen LogP contribution in [0.3, 0.4) is 0 Å². The average molecular weight is 446 g/mol. The molecule has 0 spiro atoms. The van der Waals surface area contributed by atoms with Crippen molar-refractivity contribution in [1.29, 1.82) is 0 Å². The zero-order valence-electron chi connectivity index (χ0n) is 16.5. The fourth-order valence-electron chi connectivity index (χ4n) is 3.43. The third-order valence-electron chi connectivity index (χ3n) is 4.85. The van der Waals surface area contributed by atoms with Crippen molar-refractivity contribution in [1.82, 2.24) is 14.3 Å². The summed E-state index contributed by atoms with van der Waals surface area (Å²) in [5.74, 6) is -0.340. The van der Waals surface area contributed by atoms with E-state index in [4.69, 9.17) is 0 Å². The first-order chi connectivity index (χ1) is 13.9. The van der Waals surface area contributed by atoms with E-state index < -0.39 is 10.0 Å². The zero-order valence-corrected chi connectivity index (χ0v) is 18.1. The van der Waals surface area contributed by atoms with E-state index >= 15 is 0 Å². The number of pyridine rings is 1. The van der Waals surface area contributed by atoms with E-state index in [9.17, 15) is 12.8 Å². The number of rotatable bonds is 5. The normalized spacial score (nSPS) is 11.4. The maximum Gasteiger partial charge on any atom is 0.269 e. The maximum atomic E-state index is 14.5. The second-order valence-corrected chi connectivity index (χ2v) is 8.70. The molecule has 0 amide bonds. The molecule has 4 rings (SSSR count). The molecule has 0 atom stereocenters. The Balaban J connectivity index is 0.00000256. The summed E-state index contributed by atoms with van der Waals surface area (Å²) >= 11 is 0. The molecule has 2 aromatic heterocycles. The summed E-state index contributed by atoms with van der Waals surface area (Å²) in [6.45, 7) is 2.33. The van der Waals surface area contributed by atoms with E-state index in [0.717, 1.165) is 16.5 Å². The van der Waals surface area contributed by atoms with Crippen LogP contribution in [0, 0.1) is 12.7 Å². The number of nitrogens with zero attached hydrogens (tertiary/aromatic N) is 2. The van der Waals surface area contributed by atoms with E-state index in [2.05, 4.69) is 10.3 Å². The van der Waals surface area contributed by atoms with Crippen LogP contribution in [0.1, 0.15) is 11.1 Å².